The van der Waals surface area contributed by atoms with Gasteiger partial charge >= 0.3 is 0 Å². The normalized spacial score (nSPS) is 16.8. The van der Waals surface area contributed by atoms with Gasteiger partial charge in [0, 0.05) is 36.3 Å². The zero-order valence-electron chi connectivity index (χ0n) is 16.5. The largest absolute Gasteiger partial charge is 0.404 e. The van der Waals surface area contributed by atoms with Gasteiger partial charge in [0.05, 0.1) is 11.0 Å². The first-order valence-corrected chi connectivity index (χ1v) is 9.23. The van der Waals surface area contributed by atoms with Crippen molar-refractivity contribution in [1.82, 2.24) is 15.3 Å². The molecule has 0 atom stereocenters. The number of pyridine rings is 2. The lowest BCUT2D eigenvalue weighted by molar-refractivity contribution is 0.705. The molecule has 1 saturated carbocycles. The summed E-state index contributed by atoms with van der Waals surface area (Å²) in [7, 11) is 1.80. The van der Waals surface area contributed by atoms with E-state index >= 15 is 0 Å². The molecule has 7 N–H and O–H groups in total. The lowest BCUT2D eigenvalue weighted by atomic mass is 9.99. The standard InChI is InChI=1S/C21H27N7/c1-13(23)16(12-25-3)14-8-18-17(26-11-14)4-5-20(27-18)28-19(24)9-15(10-22)21(2)6-7-21/h4-5,8-12,23,25H,6-7,22,24H2,1-3H3,(H,27,28)/b15-10+,16-12+,19-9+,23-13?. The Morgan fingerprint density at radius 1 is 1.29 bits per heavy atom. The molecule has 0 spiro atoms. The first kappa shape index (κ1) is 19.4. The van der Waals surface area contributed by atoms with Gasteiger partial charge in [0.2, 0.25) is 0 Å². The number of allylic oxidation sites excluding steroid dienone is 3. The molecule has 2 aromatic rings. The van der Waals surface area contributed by atoms with Gasteiger partial charge in [0.15, 0.2) is 0 Å². The predicted molar refractivity (Wildman–Crippen MR) is 115 cm³/mol. The summed E-state index contributed by atoms with van der Waals surface area (Å²) in [6, 6.07) is 5.65. The van der Waals surface area contributed by atoms with E-state index in [2.05, 4.69) is 27.5 Å². The van der Waals surface area contributed by atoms with Crippen molar-refractivity contribution in [1.29, 1.82) is 5.41 Å². The molecule has 28 heavy (non-hydrogen) atoms. The van der Waals surface area contributed by atoms with Crippen LogP contribution in [0.5, 0.6) is 0 Å². The molecular weight excluding hydrogens is 350 g/mol. The monoisotopic (exact) mass is 377 g/mol. The van der Waals surface area contributed by atoms with Gasteiger partial charge in [0.1, 0.15) is 11.6 Å². The van der Waals surface area contributed by atoms with Gasteiger partial charge in [-0.25, -0.2) is 4.98 Å². The number of hydrogen-bond acceptors (Lipinski definition) is 7. The molecule has 0 aliphatic heterocycles. The number of nitrogens with zero attached hydrogens (tertiary/aromatic N) is 2. The van der Waals surface area contributed by atoms with Crippen LogP contribution in [0.25, 0.3) is 16.6 Å². The Morgan fingerprint density at radius 2 is 2.04 bits per heavy atom. The molecule has 0 aromatic carbocycles. The van der Waals surface area contributed by atoms with E-state index in [4.69, 9.17) is 16.9 Å². The first-order chi connectivity index (χ1) is 13.4. The van der Waals surface area contributed by atoms with E-state index < -0.39 is 0 Å². The van der Waals surface area contributed by atoms with E-state index in [1.54, 1.807) is 32.6 Å². The highest BCUT2D eigenvalue weighted by Gasteiger charge is 2.40. The van der Waals surface area contributed by atoms with Crippen molar-refractivity contribution in [2.24, 2.45) is 16.9 Å². The predicted octanol–water partition coefficient (Wildman–Crippen LogP) is 3.08. The highest BCUT2D eigenvalue weighted by molar-refractivity contribution is 6.21. The number of fused-ring (bicyclic) bond motifs is 1. The first-order valence-electron chi connectivity index (χ1n) is 9.23. The van der Waals surface area contributed by atoms with E-state index in [-0.39, 0.29) is 5.41 Å². The number of nitrogens with one attached hydrogen (secondary N) is 3. The second-order valence-corrected chi connectivity index (χ2v) is 7.34. The maximum Gasteiger partial charge on any atom is 0.132 e. The summed E-state index contributed by atoms with van der Waals surface area (Å²) in [6.07, 6.45) is 9.28. The van der Waals surface area contributed by atoms with Crippen LogP contribution in [0.3, 0.4) is 0 Å². The number of hydrogen-bond donors (Lipinski definition) is 5. The molecule has 1 aliphatic carbocycles. The van der Waals surface area contributed by atoms with Crippen molar-refractivity contribution >= 4 is 28.1 Å². The van der Waals surface area contributed by atoms with Crippen LogP contribution in [0.1, 0.15) is 32.3 Å². The Balaban J connectivity index is 1.89. The summed E-state index contributed by atoms with van der Waals surface area (Å²) in [6.45, 7) is 3.92. The summed E-state index contributed by atoms with van der Waals surface area (Å²) >= 11 is 0. The van der Waals surface area contributed by atoms with Crippen molar-refractivity contribution in [3.63, 3.8) is 0 Å². The Bertz CT molecular complexity index is 997. The molecule has 0 saturated heterocycles. The highest BCUT2D eigenvalue weighted by atomic mass is 15.1. The summed E-state index contributed by atoms with van der Waals surface area (Å²) in [5.41, 5.74) is 16.6. The Kier molecular flexibility index (Phi) is 5.35. The van der Waals surface area contributed by atoms with Crippen LogP contribution < -0.4 is 22.1 Å². The molecule has 2 aromatic heterocycles. The van der Waals surface area contributed by atoms with Crippen molar-refractivity contribution in [2.45, 2.75) is 26.7 Å². The minimum absolute atomic E-state index is 0.136. The molecule has 0 radical (unpaired) electrons. The van der Waals surface area contributed by atoms with Crippen LogP contribution in [0.2, 0.25) is 0 Å². The molecule has 7 nitrogen and oxygen atoms in total. The number of rotatable bonds is 7. The average Bonchev–Trinajstić information content (AvgIpc) is 3.41. The van der Waals surface area contributed by atoms with E-state index in [9.17, 15) is 0 Å². The van der Waals surface area contributed by atoms with Gasteiger partial charge in [0.25, 0.3) is 0 Å². The number of nitrogens with two attached hydrogens (primary N) is 2. The molecule has 0 amide bonds. The quantitative estimate of drug-likeness (QED) is 0.373. The number of anilines is 1. The summed E-state index contributed by atoms with van der Waals surface area (Å²) in [5, 5.41) is 14.1. The van der Waals surface area contributed by atoms with Crippen LogP contribution in [0.15, 0.2) is 54.3 Å². The summed E-state index contributed by atoms with van der Waals surface area (Å²) in [4.78, 5) is 9.09. The molecule has 1 fully saturated rings. The zero-order chi connectivity index (χ0) is 20.3. The maximum atomic E-state index is 7.97. The SMILES string of the molecule is CN/C=C(\C(C)=N)c1cnc2ccc(N/C(N)=C/C(=C\N)C3(C)CC3)nc2c1. The topological polar surface area (TPSA) is 126 Å². The molecule has 3 rings (SSSR count). The van der Waals surface area contributed by atoms with Crippen LogP contribution in [0.4, 0.5) is 5.82 Å². The van der Waals surface area contributed by atoms with E-state index in [0.717, 1.165) is 40.6 Å². The van der Waals surface area contributed by atoms with Gasteiger partial charge in [-0.3, -0.25) is 4.98 Å². The van der Waals surface area contributed by atoms with Gasteiger partial charge in [-0.15, -0.1) is 0 Å². The van der Waals surface area contributed by atoms with E-state index in [1.807, 2.05) is 24.3 Å². The third kappa shape index (κ3) is 4.14. The fourth-order valence-electron chi connectivity index (χ4n) is 3.03. The highest BCUT2D eigenvalue weighted by Crippen LogP contribution is 2.51. The molecule has 146 valence electrons. The van der Waals surface area contributed by atoms with Crippen LogP contribution in [0, 0.1) is 10.8 Å². The summed E-state index contributed by atoms with van der Waals surface area (Å²) < 4.78 is 0. The molecular formula is C21H27N7. The van der Waals surface area contributed by atoms with Gasteiger partial charge < -0.3 is 27.5 Å². The Hall–Kier alpha value is -3.35. The van der Waals surface area contributed by atoms with Crippen LogP contribution >= 0.6 is 0 Å². The minimum Gasteiger partial charge on any atom is -0.404 e. The molecule has 1 aliphatic rings. The molecule has 2 heterocycles. The lowest BCUT2D eigenvalue weighted by Crippen LogP contribution is -2.12. The van der Waals surface area contributed by atoms with Crippen LogP contribution in [-0.4, -0.2) is 22.7 Å². The average molecular weight is 377 g/mol. The van der Waals surface area contributed by atoms with Crippen molar-refractivity contribution in [3.05, 3.63) is 59.8 Å². The molecule has 7 heteroatoms. The van der Waals surface area contributed by atoms with Crippen molar-refractivity contribution < 1.29 is 0 Å². The maximum absolute atomic E-state index is 7.97. The smallest absolute Gasteiger partial charge is 0.132 e. The van der Waals surface area contributed by atoms with E-state index in [1.165, 1.54) is 0 Å². The fraction of sp³-hybridized carbons (Fsp3) is 0.286. The molecule has 0 bridgehead atoms. The van der Waals surface area contributed by atoms with E-state index in [0.29, 0.717) is 17.4 Å². The Labute approximate surface area is 165 Å². The zero-order valence-corrected chi connectivity index (χ0v) is 16.5. The van der Waals surface area contributed by atoms with Gasteiger partial charge in [-0.1, -0.05) is 6.92 Å². The third-order valence-electron chi connectivity index (χ3n) is 5.00. The van der Waals surface area contributed by atoms with Gasteiger partial charge in [-0.2, -0.15) is 0 Å². The van der Waals surface area contributed by atoms with Crippen LogP contribution in [-0.2, 0) is 0 Å². The lowest BCUT2D eigenvalue weighted by Gasteiger charge is -2.12. The van der Waals surface area contributed by atoms with Crippen molar-refractivity contribution in [3.8, 4) is 0 Å². The fourth-order valence-corrected chi connectivity index (χ4v) is 3.03. The summed E-state index contributed by atoms with van der Waals surface area (Å²) in [5.74, 6) is 1.12. The minimum atomic E-state index is 0.136. The Morgan fingerprint density at radius 3 is 2.64 bits per heavy atom. The molecule has 0 unspecified atom stereocenters. The van der Waals surface area contributed by atoms with Gasteiger partial charge in [-0.05, 0) is 61.2 Å². The second-order valence-electron chi connectivity index (χ2n) is 7.34. The third-order valence-corrected chi connectivity index (χ3v) is 5.00. The van der Waals surface area contributed by atoms with Crippen molar-refractivity contribution in [2.75, 3.05) is 12.4 Å². The number of aromatic nitrogens is 2. The second kappa shape index (κ2) is 7.72.